The standard InChI is InChI=1S/C27H26N6O2/c34-25(20-5-6-20)32-14-17(15-32)16-33-24(31-27(9-10-27)26(33)35)19-3-1-18(2-4-19)21-7-8-23(28-11-21)22-12-29-30-13-22/h1-4,7-8,11-13,17,20H,5-6,9-10,14-16H2,(H,29,30). The van der Waals surface area contributed by atoms with Crippen LogP contribution in [0.3, 0.4) is 0 Å². The van der Waals surface area contributed by atoms with Crippen molar-refractivity contribution in [3.05, 3.63) is 60.6 Å². The van der Waals surface area contributed by atoms with Crippen molar-refractivity contribution in [2.45, 2.75) is 31.2 Å². The number of likely N-dealkylation sites (tertiary alicyclic amines) is 1. The lowest BCUT2D eigenvalue weighted by molar-refractivity contribution is -0.139. The zero-order chi connectivity index (χ0) is 23.6. The lowest BCUT2D eigenvalue weighted by Gasteiger charge is -2.41. The van der Waals surface area contributed by atoms with E-state index in [1.165, 1.54) is 0 Å². The van der Waals surface area contributed by atoms with Crippen LogP contribution in [-0.4, -0.2) is 67.8 Å². The van der Waals surface area contributed by atoms with Gasteiger partial charge in [-0.15, -0.1) is 0 Å². The summed E-state index contributed by atoms with van der Waals surface area (Å²) >= 11 is 0. The van der Waals surface area contributed by atoms with Gasteiger partial charge in [0.15, 0.2) is 0 Å². The molecule has 0 atom stereocenters. The molecule has 2 aromatic heterocycles. The highest BCUT2D eigenvalue weighted by Gasteiger charge is 2.57. The molecule has 176 valence electrons. The molecule has 2 aliphatic heterocycles. The fraction of sp³-hybridized carbons (Fsp3) is 0.370. The molecular formula is C27H26N6O2. The van der Waals surface area contributed by atoms with Crippen LogP contribution in [0, 0.1) is 11.8 Å². The second kappa shape index (κ2) is 7.60. The lowest BCUT2D eigenvalue weighted by Crippen LogP contribution is -2.55. The Morgan fingerprint density at radius 2 is 1.71 bits per heavy atom. The van der Waals surface area contributed by atoms with Crippen molar-refractivity contribution in [2.75, 3.05) is 19.6 Å². The van der Waals surface area contributed by atoms with E-state index < -0.39 is 5.54 Å². The number of pyridine rings is 1. The molecule has 4 aliphatic rings. The maximum absolute atomic E-state index is 13.2. The van der Waals surface area contributed by atoms with Crippen molar-refractivity contribution in [3.8, 4) is 22.4 Å². The Hall–Kier alpha value is -3.81. The molecule has 0 radical (unpaired) electrons. The normalized spacial score (nSPS) is 20.8. The number of hydrogen-bond acceptors (Lipinski definition) is 5. The number of aliphatic imine (C=N–C) groups is 1. The van der Waals surface area contributed by atoms with Gasteiger partial charge in [0.25, 0.3) is 5.91 Å². The molecule has 7 rings (SSSR count). The van der Waals surface area contributed by atoms with Gasteiger partial charge in [0.1, 0.15) is 11.4 Å². The molecule has 2 amide bonds. The smallest absolute Gasteiger partial charge is 0.256 e. The molecule has 1 spiro atoms. The van der Waals surface area contributed by atoms with Gasteiger partial charge in [-0.1, -0.05) is 30.3 Å². The van der Waals surface area contributed by atoms with Crippen LogP contribution in [0.2, 0.25) is 0 Å². The number of hydrogen-bond donors (Lipinski definition) is 1. The number of amides is 2. The second-order valence-electron chi connectivity index (χ2n) is 10.3. The van der Waals surface area contributed by atoms with Gasteiger partial charge in [0, 0.05) is 60.6 Å². The third-order valence-electron chi connectivity index (χ3n) is 7.61. The Labute approximate surface area is 203 Å². The summed E-state index contributed by atoms with van der Waals surface area (Å²) in [5.74, 6) is 1.78. The van der Waals surface area contributed by atoms with Crippen LogP contribution in [-0.2, 0) is 9.59 Å². The van der Waals surface area contributed by atoms with Crippen LogP contribution in [0.15, 0.2) is 60.0 Å². The van der Waals surface area contributed by atoms with E-state index in [-0.39, 0.29) is 11.8 Å². The number of rotatable bonds is 6. The molecule has 8 heteroatoms. The van der Waals surface area contributed by atoms with Crippen molar-refractivity contribution in [2.24, 2.45) is 16.8 Å². The first-order valence-corrected chi connectivity index (χ1v) is 12.4. The molecule has 0 bridgehead atoms. The SMILES string of the molecule is O=C(C1CC1)N1CC(CN2C(=O)C3(CC3)N=C2c2ccc(-c3ccc(-c4cn[nH]c4)nc3)cc2)C1. The van der Waals surface area contributed by atoms with Crippen LogP contribution >= 0.6 is 0 Å². The molecule has 1 N–H and O–H groups in total. The van der Waals surface area contributed by atoms with Crippen molar-refractivity contribution < 1.29 is 9.59 Å². The summed E-state index contributed by atoms with van der Waals surface area (Å²) in [7, 11) is 0. The molecule has 1 aromatic carbocycles. The molecule has 0 unspecified atom stereocenters. The minimum Gasteiger partial charge on any atom is -0.342 e. The van der Waals surface area contributed by atoms with E-state index >= 15 is 0 Å². The van der Waals surface area contributed by atoms with Gasteiger partial charge >= 0.3 is 0 Å². The predicted octanol–water partition coefficient (Wildman–Crippen LogP) is 3.13. The molecule has 8 nitrogen and oxygen atoms in total. The number of benzene rings is 1. The summed E-state index contributed by atoms with van der Waals surface area (Å²) in [5, 5.41) is 6.79. The van der Waals surface area contributed by atoms with E-state index in [0.29, 0.717) is 18.4 Å². The summed E-state index contributed by atoms with van der Waals surface area (Å²) in [6.07, 6.45) is 9.17. The molecule has 2 saturated carbocycles. The Balaban J connectivity index is 1.08. The maximum Gasteiger partial charge on any atom is 0.256 e. The average molecular weight is 467 g/mol. The summed E-state index contributed by atoms with van der Waals surface area (Å²) in [4.78, 5) is 38.8. The van der Waals surface area contributed by atoms with Crippen LogP contribution in [0.5, 0.6) is 0 Å². The van der Waals surface area contributed by atoms with Crippen molar-refractivity contribution in [1.82, 2.24) is 25.0 Å². The highest BCUT2D eigenvalue weighted by atomic mass is 16.2. The first-order valence-electron chi connectivity index (χ1n) is 12.4. The topological polar surface area (TPSA) is 94.5 Å². The molecule has 1 saturated heterocycles. The Bertz CT molecular complexity index is 1320. The highest BCUT2D eigenvalue weighted by Crippen LogP contribution is 2.46. The number of nitrogens with one attached hydrogen (secondary N) is 1. The number of carbonyl (C=O) groups excluding carboxylic acids is 2. The Morgan fingerprint density at radius 1 is 0.971 bits per heavy atom. The number of aromatic nitrogens is 3. The van der Waals surface area contributed by atoms with E-state index in [4.69, 9.17) is 4.99 Å². The Kier molecular flexibility index (Phi) is 4.46. The number of aromatic amines is 1. The van der Waals surface area contributed by atoms with E-state index in [1.807, 2.05) is 40.4 Å². The summed E-state index contributed by atoms with van der Waals surface area (Å²) in [6.45, 7) is 2.13. The molecule has 3 fully saturated rings. The quantitative estimate of drug-likeness (QED) is 0.604. The number of H-pyrrole nitrogens is 1. The minimum absolute atomic E-state index is 0.127. The van der Waals surface area contributed by atoms with Gasteiger partial charge in [0.05, 0.1) is 11.9 Å². The van der Waals surface area contributed by atoms with E-state index in [0.717, 1.165) is 72.6 Å². The van der Waals surface area contributed by atoms with Gasteiger partial charge in [-0.25, -0.2) is 0 Å². The monoisotopic (exact) mass is 466 g/mol. The van der Waals surface area contributed by atoms with Crippen LogP contribution in [0.4, 0.5) is 0 Å². The zero-order valence-corrected chi connectivity index (χ0v) is 19.4. The first kappa shape index (κ1) is 20.6. The fourth-order valence-corrected chi connectivity index (χ4v) is 5.14. The van der Waals surface area contributed by atoms with Crippen LogP contribution in [0.1, 0.15) is 31.2 Å². The summed E-state index contributed by atoms with van der Waals surface area (Å²) < 4.78 is 0. The first-order chi connectivity index (χ1) is 17.1. The van der Waals surface area contributed by atoms with Crippen molar-refractivity contribution in [1.29, 1.82) is 0 Å². The number of nitrogens with zero attached hydrogens (tertiary/aromatic N) is 5. The zero-order valence-electron chi connectivity index (χ0n) is 19.4. The van der Waals surface area contributed by atoms with E-state index in [2.05, 4.69) is 33.4 Å². The van der Waals surface area contributed by atoms with E-state index in [9.17, 15) is 9.59 Å². The summed E-state index contributed by atoms with van der Waals surface area (Å²) in [6, 6.07) is 12.3. The summed E-state index contributed by atoms with van der Waals surface area (Å²) in [5.41, 5.74) is 4.34. The molecular weight excluding hydrogens is 440 g/mol. The number of amidine groups is 1. The molecule has 35 heavy (non-hydrogen) atoms. The molecule has 4 heterocycles. The van der Waals surface area contributed by atoms with Gasteiger partial charge < -0.3 is 4.90 Å². The minimum atomic E-state index is -0.534. The van der Waals surface area contributed by atoms with Crippen LogP contribution < -0.4 is 0 Å². The van der Waals surface area contributed by atoms with Crippen molar-refractivity contribution in [3.63, 3.8) is 0 Å². The molecule has 3 aromatic rings. The number of carbonyl (C=O) groups is 2. The highest BCUT2D eigenvalue weighted by molar-refractivity contribution is 6.16. The average Bonchev–Trinajstić information content (AvgIpc) is 3.78. The molecule has 2 aliphatic carbocycles. The third-order valence-corrected chi connectivity index (χ3v) is 7.61. The van der Waals surface area contributed by atoms with E-state index in [1.54, 1.807) is 6.20 Å². The maximum atomic E-state index is 13.2. The lowest BCUT2D eigenvalue weighted by atomic mass is 9.98. The Morgan fingerprint density at radius 3 is 2.34 bits per heavy atom. The second-order valence-corrected chi connectivity index (χ2v) is 10.3. The van der Waals surface area contributed by atoms with Gasteiger partial charge in [-0.2, -0.15) is 5.10 Å². The van der Waals surface area contributed by atoms with Crippen LogP contribution in [0.25, 0.3) is 22.4 Å². The third kappa shape index (κ3) is 3.55. The van der Waals surface area contributed by atoms with Gasteiger partial charge in [-0.3, -0.25) is 29.6 Å². The fourth-order valence-electron chi connectivity index (χ4n) is 5.14. The van der Waals surface area contributed by atoms with Gasteiger partial charge in [-0.05, 0) is 37.3 Å². The predicted molar refractivity (Wildman–Crippen MR) is 130 cm³/mol. The van der Waals surface area contributed by atoms with Crippen molar-refractivity contribution >= 4 is 17.6 Å². The van der Waals surface area contributed by atoms with Gasteiger partial charge in [0.2, 0.25) is 5.91 Å². The largest absolute Gasteiger partial charge is 0.342 e.